The molecule has 0 N–H and O–H groups in total. The van der Waals surface area contributed by atoms with Gasteiger partial charge < -0.3 is 0 Å². The van der Waals surface area contributed by atoms with Gasteiger partial charge in [0.2, 0.25) is 5.91 Å². The Labute approximate surface area is 178 Å². The molecule has 2 nitrogen and oxygen atoms in total. The summed E-state index contributed by atoms with van der Waals surface area (Å²) >= 11 is 1.66. The van der Waals surface area contributed by atoms with E-state index in [0.717, 1.165) is 0 Å². The van der Waals surface area contributed by atoms with Crippen LogP contribution in [0.15, 0.2) is 91.0 Å². The molecule has 1 fully saturated rings. The van der Waals surface area contributed by atoms with E-state index >= 15 is 0 Å². The molecule has 29 heavy (non-hydrogen) atoms. The summed E-state index contributed by atoms with van der Waals surface area (Å²) in [7, 11) is 0. The third kappa shape index (κ3) is 3.38. The van der Waals surface area contributed by atoms with E-state index in [2.05, 4.69) is 93.6 Å². The molecule has 148 valence electrons. The lowest BCUT2D eigenvalue weighted by atomic mass is 9.82. The topological polar surface area (TPSA) is 20.3 Å². The zero-order valence-electron chi connectivity index (χ0n) is 17.2. The fourth-order valence-electron chi connectivity index (χ4n) is 4.41. The summed E-state index contributed by atoms with van der Waals surface area (Å²) in [5, 5.41) is 0. The van der Waals surface area contributed by atoms with Crippen LogP contribution in [0.1, 0.15) is 37.5 Å². The Morgan fingerprint density at radius 1 is 0.759 bits per heavy atom. The van der Waals surface area contributed by atoms with Crippen LogP contribution in [-0.4, -0.2) is 16.3 Å². The molecule has 0 saturated carbocycles. The van der Waals surface area contributed by atoms with Crippen molar-refractivity contribution in [3.63, 3.8) is 0 Å². The summed E-state index contributed by atoms with van der Waals surface area (Å²) < 4.78 is 1.51. The molecule has 1 heterocycles. The molecule has 3 aromatic carbocycles. The van der Waals surface area contributed by atoms with Crippen molar-refractivity contribution < 1.29 is 4.79 Å². The van der Waals surface area contributed by atoms with Crippen molar-refractivity contribution >= 4 is 17.9 Å². The third-order valence-corrected chi connectivity index (χ3v) is 7.58. The number of hydrogen-bond donors (Lipinski definition) is 0. The molecule has 1 saturated heterocycles. The Hall–Kier alpha value is -2.52. The SMILES string of the molecule is CC(C)[C@@H]1C(=O)N(SC(c2ccccc2)(c2ccccc2)c2ccccc2)[C@@H]1C. The van der Waals surface area contributed by atoms with E-state index in [4.69, 9.17) is 0 Å². The van der Waals surface area contributed by atoms with E-state index in [0.29, 0.717) is 5.92 Å². The summed E-state index contributed by atoms with van der Waals surface area (Å²) in [5.74, 6) is 0.695. The average molecular weight is 402 g/mol. The molecule has 3 heteroatoms. The fraction of sp³-hybridized carbons (Fsp3) is 0.269. The van der Waals surface area contributed by atoms with Crippen molar-refractivity contribution in [3.8, 4) is 0 Å². The number of carbonyl (C=O) groups excluding carboxylic acids is 1. The highest BCUT2D eigenvalue weighted by atomic mass is 32.2. The van der Waals surface area contributed by atoms with E-state index in [1.54, 1.807) is 11.9 Å². The number of benzene rings is 3. The minimum Gasteiger partial charge on any atom is -0.281 e. The molecule has 0 bridgehead atoms. The van der Waals surface area contributed by atoms with Crippen molar-refractivity contribution in [1.29, 1.82) is 0 Å². The van der Waals surface area contributed by atoms with Crippen LogP contribution in [0.3, 0.4) is 0 Å². The first-order chi connectivity index (χ1) is 14.1. The number of carbonyl (C=O) groups is 1. The molecule has 4 rings (SSSR count). The van der Waals surface area contributed by atoms with Gasteiger partial charge in [-0.1, -0.05) is 105 Å². The number of rotatable bonds is 6. The van der Waals surface area contributed by atoms with Gasteiger partial charge in [-0.2, -0.15) is 0 Å². The molecule has 2 atom stereocenters. The standard InChI is InChI=1S/C26H27NOS/c1-19(2)24-20(3)27(25(24)28)29-26(21-13-7-4-8-14-21,22-15-9-5-10-16-22)23-17-11-6-12-18-23/h4-20,24H,1-3H3/t20-,24+/m1/s1. The first kappa shape index (κ1) is 19.8. The minimum absolute atomic E-state index is 0.0996. The maximum Gasteiger partial charge on any atom is 0.238 e. The summed E-state index contributed by atoms with van der Waals surface area (Å²) in [6.45, 7) is 6.45. The minimum atomic E-state index is -0.490. The predicted octanol–water partition coefficient (Wildman–Crippen LogP) is 6.13. The van der Waals surface area contributed by atoms with Crippen molar-refractivity contribution in [3.05, 3.63) is 108 Å². The molecular weight excluding hydrogens is 374 g/mol. The number of hydrogen-bond acceptors (Lipinski definition) is 2. The second-order valence-electron chi connectivity index (χ2n) is 8.04. The van der Waals surface area contributed by atoms with Gasteiger partial charge in [0.25, 0.3) is 0 Å². The highest BCUT2D eigenvalue weighted by Crippen LogP contribution is 2.53. The first-order valence-electron chi connectivity index (χ1n) is 10.2. The highest BCUT2D eigenvalue weighted by molar-refractivity contribution is 7.99. The van der Waals surface area contributed by atoms with Gasteiger partial charge in [0.1, 0.15) is 4.75 Å². The molecule has 1 aliphatic rings. The first-order valence-corrected chi connectivity index (χ1v) is 11.0. The van der Waals surface area contributed by atoms with Gasteiger partial charge >= 0.3 is 0 Å². The van der Waals surface area contributed by atoms with Crippen molar-refractivity contribution in [2.75, 3.05) is 0 Å². The summed E-state index contributed by atoms with van der Waals surface area (Å²) in [6, 6.07) is 31.8. The average Bonchev–Trinajstić information content (AvgIpc) is 2.76. The molecule has 0 unspecified atom stereocenters. The summed E-state index contributed by atoms with van der Waals surface area (Å²) in [4.78, 5) is 13.1. The van der Waals surface area contributed by atoms with Crippen LogP contribution in [0.5, 0.6) is 0 Å². The van der Waals surface area contributed by atoms with E-state index in [9.17, 15) is 4.79 Å². The Balaban J connectivity index is 1.89. The van der Waals surface area contributed by atoms with Crippen LogP contribution < -0.4 is 0 Å². The number of nitrogens with zero attached hydrogens (tertiary/aromatic N) is 1. The maximum atomic E-state index is 13.1. The normalized spacial score (nSPS) is 19.3. The van der Waals surface area contributed by atoms with Gasteiger partial charge in [-0.15, -0.1) is 0 Å². The lowest BCUT2D eigenvalue weighted by molar-refractivity contribution is -0.147. The summed E-state index contributed by atoms with van der Waals surface area (Å²) in [6.07, 6.45) is 0. The Bertz CT molecular complexity index is 859. The molecular formula is C26H27NOS. The number of amides is 1. The van der Waals surface area contributed by atoms with Crippen LogP contribution in [-0.2, 0) is 9.54 Å². The lowest BCUT2D eigenvalue weighted by Crippen LogP contribution is -2.59. The van der Waals surface area contributed by atoms with Gasteiger partial charge in [-0.05, 0) is 41.5 Å². The zero-order chi connectivity index (χ0) is 20.4. The molecule has 0 spiro atoms. The smallest absolute Gasteiger partial charge is 0.238 e. The lowest BCUT2D eigenvalue weighted by Gasteiger charge is -2.50. The molecule has 3 aromatic rings. The maximum absolute atomic E-state index is 13.1. The van der Waals surface area contributed by atoms with Crippen LogP contribution >= 0.6 is 11.9 Å². The van der Waals surface area contributed by atoms with E-state index in [-0.39, 0.29) is 17.9 Å². The van der Waals surface area contributed by atoms with E-state index in [1.165, 1.54) is 16.7 Å². The second-order valence-corrected chi connectivity index (χ2v) is 9.23. The van der Waals surface area contributed by atoms with Crippen LogP contribution in [0.25, 0.3) is 0 Å². The van der Waals surface area contributed by atoms with E-state index < -0.39 is 4.75 Å². The van der Waals surface area contributed by atoms with Gasteiger partial charge in [0, 0.05) is 0 Å². The Kier molecular flexibility index (Phi) is 5.51. The van der Waals surface area contributed by atoms with Crippen LogP contribution in [0, 0.1) is 11.8 Å². The van der Waals surface area contributed by atoms with E-state index in [1.807, 2.05) is 22.5 Å². The molecule has 0 aliphatic carbocycles. The molecule has 1 amide bonds. The van der Waals surface area contributed by atoms with Crippen molar-refractivity contribution in [2.24, 2.45) is 11.8 Å². The largest absolute Gasteiger partial charge is 0.281 e. The summed E-state index contributed by atoms with van der Waals surface area (Å²) in [5.41, 5.74) is 3.53. The molecule has 0 radical (unpaired) electrons. The van der Waals surface area contributed by atoms with Crippen molar-refractivity contribution in [2.45, 2.75) is 31.6 Å². The Morgan fingerprint density at radius 2 is 1.14 bits per heavy atom. The quantitative estimate of drug-likeness (QED) is 0.281. The van der Waals surface area contributed by atoms with Gasteiger partial charge in [0.15, 0.2) is 0 Å². The Morgan fingerprint density at radius 3 is 1.45 bits per heavy atom. The van der Waals surface area contributed by atoms with Gasteiger partial charge in [-0.25, -0.2) is 0 Å². The molecule has 1 aliphatic heterocycles. The zero-order valence-corrected chi connectivity index (χ0v) is 18.0. The highest BCUT2D eigenvalue weighted by Gasteiger charge is 2.51. The third-order valence-electron chi connectivity index (χ3n) is 5.89. The number of β-lactam (4-membered cyclic amide) rings is 1. The predicted molar refractivity (Wildman–Crippen MR) is 121 cm³/mol. The van der Waals surface area contributed by atoms with Crippen LogP contribution in [0.4, 0.5) is 0 Å². The van der Waals surface area contributed by atoms with Crippen molar-refractivity contribution in [1.82, 2.24) is 4.31 Å². The second kappa shape index (κ2) is 8.08. The monoisotopic (exact) mass is 401 g/mol. The van der Waals surface area contributed by atoms with Crippen LogP contribution in [0.2, 0.25) is 0 Å². The molecule has 0 aromatic heterocycles. The van der Waals surface area contributed by atoms with Gasteiger partial charge in [-0.3, -0.25) is 9.10 Å². The van der Waals surface area contributed by atoms with Gasteiger partial charge in [0.05, 0.1) is 12.0 Å². The fourth-order valence-corrected chi connectivity index (χ4v) is 5.94.